The molecule has 0 aliphatic heterocycles. The number of amides is 2. The molecule has 0 radical (unpaired) electrons. The molecule has 4 heteroatoms. The van der Waals surface area contributed by atoms with Gasteiger partial charge in [0.2, 0.25) is 11.8 Å². The third-order valence-electron chi connectivity index (χ3n) is 4.06. The van der Waals surface area contributed by atoms with Crippen LogP contribution in [0.5, 0.6) is 0 Å². The van der Waals surface area contributed by atoms with E-state index in [4.69, 9.17) is 11.5 Å². The Balaban J connectivity index is 2.55. The minimum atomic E-state index is -0.453. The minimum Gasteiger partial charge on any atom is -0.366 e. The van der Waals surface area contributed by atoms with Gasteiger partial charge in [-0.3, -0.25) is 9.59 Å². The fourth-order valence-electron chi connectivity index (χ4n) is 3.13. The summed E-state index contributed by atoms with van der Waals surface area (Å²) in [7, 11) is 0. The zero-order valence-corrected chi connectivity index (χ0v) is 11.2. The van der Waals surface area contributed by atoms with Crippen molar-refractivity contribution in [1.29, 1.82) is 0 Å². The molecule has 0 heterocycles. The SMILES string of the molecule is Cc1c(C(N)=O)ccc(C(N)=O)c1C1CCCCC1. The summed E-state index contributed by atoms with van der Waals surface area (Å²) < 4.78 is 0. The van der Waals surface area contributed by atoms with Crippen molar-refractivity contribution in [2.75, 3.05) is 0 Å². The van der Waals surface area contributed by atoms with E-state index < -0.39 is 11.8 Å². The van der Waals surface area contributed by atoms with Crippen LogP contribution in [-0.2, 0) is 0 Å². The van der Waals surface area contributed by atoms with Crippen LogP contribution in [0.3, 0.4) is 0 Å². The molecule has 2 rings (SSSR count). The van der Waals surface area contributed by atoms with Crippen molar-refractivity contribution in [2.24, 2.45) is 11.5 Å². The molecular formula is C15H20N2O2. The summed E-state index contributed by atoms with van der Waals surface area (Å²) in [5, 5.41) is 0. The van der Waals surface area contributed by atoms with Gasteiger partial charge in [-0.25, -0.2) is 0 Å². The number of primary amides is 2. The van der Waals surface area contributed by atoms with Crippen molar-refractivity contribution in [1.82, 2.24) is 0 Å². The van der Waals surface area contributed by atoms with Gasteiger partial charge in [0.05, 0.1) is 0 Å². The molecule has 0 aromatic heterocycles. The maximum absolute atomic E-state index is 11.6. The third-order valence-corrected chi connectivity index (χ3v) is 4.06. The van der Waals surface area contributed by atoms with Gasteiger partial charge in [0.25, 0.3) is 0 Å². The third kappa shape index (κ3) is 2.62. The molecule has 0 spiro atoms. The Morgan fingerprint density at radius 2 is 1.53 bits per heavy atom. The predicted octanol–water partition coefficient (Wildman–Crippen LogP) is 2.24. The molecule has 0 unspecified atom stereocenters. The van der Waals surface area contributed by atoms with Crippen molar-refractivity contribution in [2.45, 2.75) is 44.9 Å². The first kappa shape index (κ1) is 13.6. The predicted molar refractivity (Wildman–Crippen MR) is 74.0 cm³/mol. The first-order chi connectivity index (χ1) is 9.02. The molecule has 4 N–H and O–H groups in total. The zero-order chi connectivity index (χ0) is 14.0. The second kappa shape index (κ2) is 5.43. The fraction of sp³-hybridized carbons (Fsp3) is 0.467. The van der Waals surface area contributed by atoms with E-state index in [2.05, 4.69) is 0 Å². The first-order valence-electron chi connectivity index (χ1n) is 6.75. The molecule has 1 fully saturated rings. The van der Waals surface area contributed by atoms with Gasteiger partial charge in [-0.2, -0.15) is 0 Å². The number of carbonyl (C=O) groups excluding carboxylic acids is 2. The van der Waals surface area contributed by atoms with Crippen molar-refractivity contribution >= 4 is 11.8 Å². The molecule has 4 nitrogen and oxygen atoms in total. The van der Waals surface area contributed by atoms with Crippen molar-refractivity contribution in [3.05, 3.63) is 34.4 Å². The topological polar surface area (TPSA) is 86.2 Å². The Kier molecular flexibility index (Phi) is 3.88. The number of benzene rings is 1. The second-order valence-corrected chi connectivity index (χ2v) is 5.26. The van der Waals surface area contributed by atoms with Gasteiger partial charge < -0.3 is 11.5 Å². The van der Waals surface area contributed by atoms with Crippen LogP contribution < -0.4 is 11.5 Å². The highest BCUT2D eigenvalue weighted by Gasteiger charge is 2.24. The Morgan fingerprint density at radius 1 is 1.00 bits per heavy atom. The van der Waals surface area contributed by atoms with E-state index in [9.17, 15) is 9.59 Å². The lowest BCUT2D eigenvalue weighted by molar-refractivity contribution is 0.0986. The average molecular weight is 260 g/mol. The second-order valence-electron chi connectivity index (χ2n) is 5.26. The fourth-order valence-corrected chi connectivity index (χ4v) is 3.13. The van der Waals surface area contributed by atoms with E-state index in [1.54, 1.807) is 12.1 Å². The molecule has 19 heavy (non-hydrogen) atoms. The molecule has 1 aliphatic rings. The smallest absolute Gasteiger partial charge is 0.248 e. The lowest BCUT2D eigenvalue weighted by Crippen LogP contribution is -2.21. The van der Waals surface area contributed by atoms with E-state index in [1.807, 2.05) is 6.92 Å². The molecule has 0 saturated heterocycles. The summed E-state index contributed by atoms with van der Waals surface area (Å²) >= 11 is 0. The van der Waals surface area contributed by atoms with E-state index in [0.717, 1.165) is 36.8 Å². The van der Waals surface area contributed by atoms with Crippen LogP contribution in [0.25, 0.3) is 0 Å². The van der Waals surface area contributed by atoms with Gasteiger partial charge in [-0.1, -0.05) is 19.3 Å². The molecule has 0 atom stereocenters. The highest BCUT2D eigenvalue weighted by Crippen LogP contribution is 2.37. The van der Waals surface area contributed by atoms with Crippen LogP contribution >= 0.6 is 0 Å². The van der Waals surface area contributed by atoms with Crippen LogP contribution in [0.2, 0.25) is 0 Å². The van der Waals surface area contributed by atoms with Gasteiger partial charge in [0.1, 0.15) is 0 Å². The van der Waals surface area contributed by atoms with Crippen LogP contribution in [0.15, 0.2) is 12.1 Å². The maximum atomic E-state index is 11.6. The Labute approximate surface area is 113 Å². The number of carbonyl (C=O) groups is 2. The molecular weight excluding hydrogens is 240 g/mol. The quantitative estimate of drug-likeness (QED) is 0.873. The lowest BCUT2D eigenvalue weighted by atomic mass is 9.79. The Morgan fingerprint density at radius 3 is 2.05 bits per heavy atom. The average Bonchev–Trinajstić information content (AvgIpc) is 2.38. The van der Waals surface area contributed by atoms with Crippen molar-refractivity contribution < 1.29 is 9.59 Å². The van der Waals surface area contributed by atoms with E-state index in [-0.39, 0.29) is 0 Å². The number of nitrogens with two attached hydrogens (primary N) is 2. The lowest BCUT2D eigenvalue weighted by Gasteiger charge is -2.26. The highest BCUT2D eigenvalue weighted by molar-refractivity contribution is 5.99. The van der Waals surface area contributed by atoms with Gasteiger partial charge >= 0.3 is 0 Å². The number of hydrogen-bond acceptors (Lipinski definition) is 2. The van der Waals surface area contributed by atoms with Crippen LogP contribution in [0.4, 0.5) is 0 Å². The molecule has 1 aromatic carbocycles. The molecule has 1 saturated carbocycles. The van der Waals surface area contributed by atoms with Gasteiger partial charge in [0, 0.05) is 11.1 Å². The van der Waals surface area contributed by atoms with E-state index in [1.165, 1.54) is 6.42 Å². The summed E-state index contributed by atoms with van der Waals surface area (Å²) in [6, 6.07) is 3.24. The standard InChI is InChI=1S/C15H20N2O2/c1-9-11(14(16)18)7-8-12(15(17)19)13(9)10-5-3-2-4-6-10/h7-8,10H,2-6H2,1H3,(H2,16,18)(H2,17,19). The summed E-state index contributed by atoms with van der Waals surface area (Å²) in [5.41, 5.74) is 13.6. The molecule has 0 bridgehead atoms. The maximum Gasteiger partial charge on any atom is 0.248 e. The van der Waals surface area contributed by atoms with Crippen LogP contribution in [0.1, 0.15) is 69.9 Å². The van der Waals surface area contributed by atoms with E-state index in [0.29, 0.717) is 17.0 Å². The number of hydrogen-bond donors (Lipinski definition) is 2. The Hall–Kier alpha value is -1.84. The zero-order valence-electron chi connectivity index (χ0n) is 11.2. The monoisotopic (exact) mass is 260 g/mol. The van der Waals surface area contributed by atoms with Crippen LogP contribution in [0, 0.1) is 6.92 Å². The van der Waals surface area contributed by atoms with Crippen LogP contribution in [-0.4, -0.2) is 11.8 Å². The molecule has 1 aliphatic carbocycles. The molecule has 2 amide bonds. The normalized spacial score (nSPS) is 16.3. The molecule has 1 aromatic rings. The minimum absolute atomic E-state index is 0.315. The van der Waals surface area contributed by atoms with E-state index >= 15 is 0 Å². The summed E-state index contributed by atoms with van der Waals surface area (Å²) in [5.74, 6) is -0.569. The van der Waals surface area contributed by atoms with Gasteiger partial charge in [0.15, 0.2) is 0 Å². The molecule has 102 valence electrons. The van der Waals surface area contributed by atoms with Gasteiger partial charge in [-0.05, 0) is 48.9 Å². The van der Waals surface area contributed by atoms with Crippen molar-refractivity contribution in [3.63, 3.8) is 0 Å². The van der Waals surface area contributed by atoms with Gasteiger partial charge in [-0.15, -0.1) is 0 Å². The Bertz CT molecular complexity index is 517. The highest BCUT2D eigenvalue weighted by atomic mass is 16.1. The number of rotatable bonds is 3. The summed E-state index contributed by atoms with van der Waals surface area (Å²) in [4.78, 5) is 23.0. The first-order valence-corrected chi connectivity index (χ1v) is 6.75. The largest absolute Gasteiger partial charge is 0.366 e. The van der Waals surface area contributed by atoms with Crippen molar-refractivity contribution in [3.8, 4) is 0 Å². The summed E-state index contributed by atoms with van der Waals surface area (Å²) in [6.07, 6.45) is 5.63. The summed E-state index contributed by atoms with van der Waals surface area (Å²) in [6.45, 7) is 1.86.